The van der Waals surface area contributed by atoms with Gasteiger partial charge in [0.25, 0.3) is 0 Å². The Morgan fingerprint density at radius 3 is 2.79 bits per heavy atom. The number of hydrogen-bond acceptors (Lipinski definition) is 4. The van der Waals surface area contributed by atoms with Gasteiger partial charge in [-0.3, -0.25) is 0 Å². The summed E-state index contributed by atoms with van der Waals surface area (Å²) in [4.78, 5) is 0. The zero-order valence-electron chi connectivity index (χ0n) is 7.77. The Bertz CT molecular complexity index is 357. The zero-order valence-corrected chi connectivity index (χ0v) is 7.77. The van der Waals surface area contributed by atoms with Crippen molar-refractivity contribution in [2.24, 2.45) is 11.5 Å². The van der Waals surface area contributed by atoms with E-state index in [9.17, 15) is 5.11 Å². The molecule has 14 heavy (non-hydrogen) atoms. The molecule has 1 aromatic carbocycles. The van der Waals surface area contributed by atoms with E-state index < -0.39 is 6.04 Å². The second-order valence-electron chi connectivity index (χ2n) is 3.07. The van der Waals surface area contributed by atoms with Gasteiger partial charge in [0.1, 0.15) is 5.75 Å². The lowest BCUT2D eigenvalue weighted by Gasteiger charge is -2.11. The van der Waals surface area contributed by atoms with Gasteiger partial charge in [0.05, 0.1) is 12.5 Å². The molecule has 4 heteroatoms. The fourth-order valence-electron chi connectivity index (χ4n) is 1.24. The van der Waals surface area contributed by atoms with Crippen molar-refractivity contribution in [3.05, 3.63) is 29.3 Å². The second kappa shape index (κ2) is 4.61. The first-order chi connectivity index (χ1) is 6.69. The molecule has 74 valence electrons. The molecule has 1 unspecified atom stereocenters. The third kappa shape index (κ3) is 2.22. The quantitative estimate of drug-likeness (QED) is 0.657. The number of hydrogen-bond donors (Lipinski definition) is 3. The van der Waals surface area contributed by atoms with E-state index in [1.54, 1.807) is 18.2 Å². The minimum atomic E-state index is -0.452. The maximum atomic E-state index is 9.50. The molecule has 0 spiro atoms. The predicted molar refractivity (Wildman–Crippen MR) is 53.2 cm³/mol. The lowest BCUT2D eigenvalue weighted by molar-refractivity contribution is 0.461. The number of phenols is 1. The Balaban J connectivity index is 3.00. The summed E-state index contributed by atoms with van der Waals surface area (Å²) in [6, 6.07) is 6.53. The van der Waals surface area contributed by atoms with Gasteiger partial charge in [-0.25, -0.2) is 0 Å². The number of benzene rings is 1. The SMILES string of the molecule is N#CCC(N)c1cc(CN)ccc1O. The molecule has 0 heterocycles. The van der Waals surface area contributed by atoms with Crippen molar-refractivity contribution in [3.63, 3.8) is 0 Å². The molecule has 0 saturated carbocycles. The van der Waals surface area contributed by atoms with Gasteiger partial charge in [0.2, 0.25) is 0 Å². The molecular weight excluding hydrogens is 178 g/mol. The summed E-state index contributed by atoms with van der Waals surface area (Å²) in [5.74, 6) is 0.116. The van der Waals surface area contributed by atoms with E-state index in [1.165, 1.54) is 0 Å². The minimum absolute atomic E-state index is 0.116. The molecule has 5 N–H and O–H groups in total. The largest absolute Gasteiger partial charge is 0.508 e. The third-order valence-electron chi connectivity index (χ3n) is 2.04. The molecule has 0 aliphatic rings. The van der Waals surface area contributed by atoms with Gasteiger partial charge in [0.15, 0.2) is 0 Å². The van der Waals surface area contributed by atoms with Gasteiger partial charge in [-0.15, -0.1) is 0 Å². The second-order valence-corrected chi connectivity index (χ2v) is 3.07. The first kappa shape index (κ1) is 10.5. The maximum absolute atomic E-state index is 9.50. The highest BCUT2D eigenvalue weighted by Gasteiger charge is 2.10. The predicted octanol–water partition coefficient (Wildman–Crippen LogP) is 0.764. The summed E-state index contributed by atoms with van der Waals surface area (Å²) >= 11 is 0. The molecule has 4 nitrogen and oxygen atoms in total. The lowest BCUT2D eigenvalue weighted by Crippen LogP contribution is -2.10. The van der Waals surface area contributed by atoms with Gasteiger partial charge in [0, 0.05) is 18.2 Å². The molecule has 0 aliphatic heterocycles. The van der Waals surface area contributed by atoms with Gasteiger partial charge < -0.3 is 16.6 Å². The topological polar surface area (TPSA) is 96.1 Å². The minimum Gasteiger partial charge on any atom is -0.508 e. The number of rotatable bonds is 3. The van der Waals surface area contributed by atoms with Gasteiger partial charge in [-0.05, 0) is 17.7 Å². The van der Waals surface area contributed by atoms with E-state index in [2.05, 4.69) is 0 Å². The van der Waals surface area contributed by atoms with E-state index in [1.807, 2.05) is 6.07 Å². The van der Waals surface area contributed by atoms with Crippen LogP contribution in [0, 0.1) is 11.3 Å². The normalized spacial score (nSPS) is 12.1. The van der Waals surface area contributed by atoms with Gasteiger partial charge >= 0.3 is 0 Å². The van der Waals surface area contributed by atoms with Crippen LogP contribution in [0.2, 0.25) is 0 Å². The number of nitrogens with two attached hydrogens (primary N) is 2. The van der Waals surface area contributed by atoms with Crippen LogP contribution in [0.5, 0.6) is 5.75 Å². The van der Waals surface area contributed by atoms with Crippen LogP contribution in [0.1, 0.15) is 23.6 Å². The fraction of sp³-hybridized carbons (Fsp3) is 0.300. The highest BCUT2D eigenvalue weighted by molar-refractivity contribution is 5.38. The van der Waals surface area contributed by atoms with Gasteiger partial charge in [-0.1, -0.05) is 6.07 Å². The molecule has 0 amide bonds. The van der Waals surface area contributed by atoms with Crippen molar-refractivity contribution in [3.8, 4) is 11.8 Å². The smallest absolute Gasteiger partial charge is 0.120 e. The Labute approximate surface area is 82.8 Å². The first-order valence-corrected chi connectivity index (χ1v) is 4.33. The van der Waals surface area contributed by atoms with Gasteiger partial charge in [-0.2, -0.15) is 5.26 Å². The number of nitrogens with zero attached hydrogens (tertiary/aromatic N) is 1. The average Bonchev–Trinajstić information content (AvgIpc) is 2.19. The van der Waals surface area contributed by atoms with Crippen molar-refractivity contribution >= 4 is 0 Å². The summed E-state index contributed by atoms with van der Waals surface area (Å²) in [6.07, 6.45) is 0.182. The van der Waals surface area contributed by atoms with Crippen molar-refractivity contribution in [2.75, 3.05) is 0 Å². The molecular formula is C10H13N3O. The van der Waals surface area contributed by atoms with Crippen molar-refractivity contribution in [2.45, 2.75) is 19.0 Å². The molecule has 1 aromatic rings. The van der Waals surface area contributed by atoms with E-state index >= 15 is 0 Å². The van der Waals surface area contributed by atoms with Crippen molar-refractivity contribution in [1.82, 2.24) is 0 Å². The number of nitriles is 1. The molecule has 0 aliphatic carbocycles. The van der Waals surface area contributed by atoms with Crippen molar-refractivity contribution in [1.29, 1.82) is 5.26 Å². The lowest BCUT2D eigenvalue weighted by atomic mass is 10.0. The zero-order chi connectivity index (χ0) is 10.6. The van der Waals surface area contributed by atoms with Crippen LogP contribution in [0.4, 0.5) is 0 Å². The molecule has 0 fully saturated rings. The summed E-state index contributed by atoms with van der Waals surface area (Å²) in [7, 11) is 0. The van der Waals surface area contributed by atoms with E-state index in [0.29, 0.717) is 12.1 Å². The highest BCUT2D eigenvalue weighted by Crippen LogP contribution is 2.25. The summed E-state index contributed by atoms with van der Waals surface area (Å²) in [5, 5.41) is 18.0. The Hall–Kier alpha value is -1.57. The van der Waals surface area contributed by atoms with Crippen LogP contribution in [-0.2, 0) is 6.54 Å². The standard InChI is InChI=1S/C10H13N3O/c11-4-3-9(13)8-5-7(6-12)1-2-10(8)14/h1-2,5,9,14H,3,6,12-13H2. The summed E-state index contributed by atoms with van der Waals surface area (Å²) < 4.78 is 0. The fourth-order valence-corrected chi connectivity index (χ4v) is 1.24. The van der Waals surface area contributed by atoms with E-state index in [0.717, 1.165) is 5.56 Å². The maximum Gasteiger partial charge on any atom is 0.120 e. The van der Waals surface area contributed by atoms with Crippen LogP contribution in [0.25, 0.3) is 0 Å². The Morgan fingerprint density at radius 2 is 2.21 bits per heavy atom. The molecule has 0 saturated heterocycles. The van der Waals surface area contributed by atoms with E-state index in [-0.39, 0.29) is 12.2 Å². The average molecular weight is 191 g/mol. The Morgan fingerprint density at radius 1 is 1.50 bits per heavy atom. The highest BCUT2D eigenvalue weighted by atomic mass is 16.3. The van der Waals surface area contributed by atoms with Crippen LogP contribution in [-0.4, -0.2) is 5.11 Å². The van der Waals surface area contributed by atoms with Crippen LogP contribution in [0.3, 0.4) is 0 Å². The molecule has 0 bridgehead atoms. The summed E-state index contributed by atoms with van der Waals surface area (Å²) in [6.45, 7) is 0.395. The first-order valence-electron chi connectivity index (χ1n) is 4.33. The molecule has 0 radical (unpaired) electrons. The summed E-state index contributed by atoms with van der Waals surface area (Å²) in [5.41, 5.74) is 12.6. The van der Waals surface area contributed by atoms with Crippen molar-refractivity contribution < 1.29 is 5.11 Å². The monoisotopic (exact) mass is 191 g/mol. The molecule has 1 rings (SSSR count). The van der Waals surface area contributed by atoms with Crippen LogP contribution >= 0.6 is 0 Å². The number of phenolic OH excluding ortho intramolecular Hbond substituents is 1. The molecule has 1 atom stereocenters. The van der Waals surface area contributed by atoms with Crippen LogP contribution < -0.4 is 11.5 Å². The number of aromatic hydroxyl groups is 1. The Kier molecular flexibility index (Phi) is 3.46. The van der Waals surface area contributed by atoms with Crippen LogP contribution in [0.15, 0.2) is 18.2 Å². The van der Waals surface area contributed by atoms with E-state index in [4.69, 9.17) is 16.7 Å². The third-order valence-corrected chi connectivity index (χ3v) is 2.04. The molecule has 0 aromatic heterocycles.